The summed E-state index contributed by atoms with van der Waals surface area (Å²) < 4.78 is 43.1. The van der Waals surface area contributed by atoms with Crippen molar-refractivity contribution in [1.29, 1.82) is 5.26 Å². The molecule has 1 atom stereocenters. The van der Waals surface area contributed by atoms with Gasteiger partial charge in [-0.25, -0.2) is 18.7 Å². The standard InChI is InChI=1S/C28H30F2N6O2S.C3H8.C2H6/c1-5-21(29)27-24(17(8-31)22(32)14-39-27)15(2)23-20-13-37-12-19(20)18-9-33-28(34-26(18)25(23)30)36-6-7-38-16(11-36)10-35(3)4;1-3-2;1-2/h5,9,16H,2,6-7,10-14,32H2,1,3-4H3;3H2,1-2H3;1-2H3/b21-5+;;. The first-order chi connectivity index (χ1) is 21.2. The van der Waals surface area contributed by atoms with E-state index in [1.807, 2.05) is 32.8 Å². The SMILES string of the molecule is C=C(C1=C(/C(F)=C\C)SCC(N)=C1C#N)c1c2c(c3cnc(N4CCOC(CN(C)C)C4)nc3c1F)COC2.CC.CCC. The Bertz CT molecular complexity index is 1510. The number of nitrogens with two attached hydrogens (primary N) is 1. The van der Waals surface area contributed by atoms with E-state index in [1.165, 1.54) is 12.5 Å². The van der Waals surface area contributed by atoms with Gasteiger partial charge in [-0.05, 0) is 37.7 Å². The fourth-order valence-corrected chi connectivity index (χ4v) is 6.29. The minimum absolute atomic E-state index is 0.0287. The molecule has 0 radical (unpaired) electrons. The monoisotopic (exact) mass is 626 g/mol. The molecule has 3 aliphatic rings. The zero-order valence-electron chi connectivity index (χ0n) is 26.9. The normalized spacial score (nSPS) is 18.4. The van der Waals surface area contributed by atoms with Gasteiger partial charge in [0.2, 0.25) is 5.95 Å². The number of halogens is 2. The van der Waals surface area contributed by atoms with Crippen molar-refractivity contribution >= 4 is 34.2 Å². The maximum absolute atomic E-state index is 16.5. The van der Waals surface area contributed by atoms with Gasteiger partial charge < -0.3 is 25.0 Å². The molecule has 1 aromatic carbocycles. The highest BCUT2D eigenvalue weighted by Gasteiger charge is 2.33. The Kier molecular flexibility index (Phi) is 12.9. The van der Waals surface area contributed by atoms with E-state index in [1.54, 1.807) is 13.1 Å². The Labute approximate surface area is 264 Å². The molecule has 1 saturated heterocycles. The quantitative estimate of drug-likeness (QED) is 0.379. The molecule has 5 rings (SSSR count). The summed E-state index contributed by atoms with van der Waals surface area (Å²) in [6.45, 7) is 16.8. The summed E-state index contributed by atoms with van der Waals surface area (Å²) in [6.07, 6.45) is 4.16. The number of nitrogens with zero attached hydrogens (tertiary/aromatic N) is 5. The molecule has 8 nitrogen and oxygen atoms in total. The molecule has 0 spiro atoms. The highest BCUT2D eigenvalue weighted by Crippen LogP contribution is 2.46. The summed E-state index contributed by atoms with van der Waals surface area (Å²) >= 11 is 1.16. The second kappa shape index (κ2) is 16.1. The second-order valence-corrected chi connectivity index (χ2v) is 11.6. The van der Waals surface area contributed by atoms with Crippen LogP contribution < -0.4 is 10.6 Å². The van der Waals surface area contributed by atoms with Gasteiger partial charge in [-0.1, -0.05) is 46.8 Å². The summed E-state index contributed by atoms with van der Waals surface area (Å²) in [4.78, 5) is 13.5. The van der Waals surface area contributed by atoms with E-state index in [9.17, 15) is 9.65 Å². The van der Waals surface area contributed by atoms with Gasteiger partial charge in [0.1, 0.15) is 17.4 Å². The number of hydrogen-bond donors (Lipinski definition) is 1. The van der Waals surface area contributed by atoms with Gasteiger partial charge in [0.05, 0.1) is 36.4 Å². The number of hydrogen-bond acceptors (Lipinski definition) is 9. The van der Waals surface area contributed by atoms with Crippen LogP contribution in [0.15, 0.2) is 46.4 Å². The number of allylic oxidation sites excluding steroid dienone is 5. The Balaban J connectivity index is 0.000000997. The lowest BCUT2D eigenvalue weighted by Crippen LogP contribution is -2.47. The minimum atomic E-state index is -0.611. The number of anilines is 1. The van der Waals surface area contributed by atoms with Gasteiger partial charge in [-0.3, -0.25) is 0 Å². The van der Waals surface area contributed by atoms with Crippen molar-refractivity contribution in [2.45, 2.75) is 60.4 Å². The van der Waals surface area contributed by atoms with Gasteiger partial charge in [0.25, 0.3) is 0 Å². The Morgan fingerprint density at radius 3 is 2.61 bits per heavy atom. The third kappa shape index (κ3) is 7.32. The molecule has 1 aromatic heterocycles. The van der Waals surface area contributed by atoms with E-state index in [0.29, 0.717) is 42.3 Å². The highest BCUT2D eigenvalue weighted by atomic mass is 32.2. The summed E-state index contributed by atoms with van der Waals surface area (Å²) in [7, 11) is 3.96. The van der Waals surface area contributed by atoms with E-state index >= 15 is 4.39 Å². The first kappa shape index (κ1) is 35.2. The van der Waals surface area contributed by atoms with Crippen molar-refractivity contribution < 1.29 is 18.3 Å². The average molecular weight is 627 g/mol. The topological polar surface area (TPSA) is 101 Å². The van der Waals surface area contributed by atoms with E-state index < -0.39 is 11.6 Å². The minimum Gasteiger partial charge on any atom is -0.400 e. The third-order valence-electron chi connectivity index (χ3n) is 7.03. The predicted molar refractivity (Wildman–Crippen MR) is 176 cm³/mol. The number of rotatable bonds is 6. The van der Waals surface area contributed by atoms with Crippen LogP contribution in [-0.4, -0.2) is 67.1 Å². The number of thioether (sulfide) groups is 1. The Morgan fingerprint density at radius 1 is 1.30 bits per heavy atom. The van der Waals surface area contributed by atoms with E-state index in [-0.39, 0.29) is 57.8 Å². The van der Waals surface area contributed by atoms with E-state index in [0.717, 1.165) is 23.9 Å². The lowest BCUT2D eigenvalue weighted by molar-refractivity contribution is 0.0243. The summed E-state index contributed by atoms with van der Waals surface area (Å²) in [6, 6.07) is 2.08. The second-order valence-electron chi connectivity index (χ2n) is 10.6. The summed E-state index contributed by atoms with van der Waals surface area (Å²) in [5.41, 5.74) is 8.55. The van der Waals surface area contributed by atoms with Gasteiger partial charge in [0.15, 0.2) is 5.82 Å². The highest BCUT2D eigenvalue weighted by molar-refractivity contribution is 8.03. The predicted octanol–water partition coefficient (Wildman–Crippen LogP) is 6.63. The molecule has 0 amide bonds. The van der Waals surface area contributed by atoms with E-state index in [2.05, 4.69) is 41.4 Å². The molecule has 44 heavy (non-hydrogen) atoms. The zero-order chi connectivity index (χ0) is 32.6. The molecular weight excluding hydrogens is 582 g/mol. The van der Waals surface area contributed by atoms with Gasteiger partial charge >= 0.3 is 0 Å². The smallest absolute Gasteiger partial charge is 0.226 e. The zero-order valence-corrected chi connectivity index (χ0v) is 27.7. The number of aromatic nitrogens is 2. The van der Waals surface area contributed by atoms with Gasteiger partial charge in [-0.15, -0.1) is 11.8 Å². The van der Waals surface area contributed by atoms with Crippen LogP contribution >= 0.6 is 11.8 Å². The lowest BCUT2D eigenvalue weighted by atomic mass is 9.86. The third-order valence-corrected chi connectivity index (χ3v) is 8.18. The van der Waals surface area contributed by atoms with Crippen LogP contribution in [0, 0.1) is 17.1 Å². The van der Waals surface area contributed by atoms with Crippen molar-refractivity contribution in [3.05, 3.63) is 68.9 Å². The molecule has 11 heteroatoms. The molecule has 0 bridgehead atoms. The van der Waals surface area contributed by atoms with Crippen molar-refractivity contribution in [2.75, 3.05) is 51.0 Å². The number of ether oxygens (including phenoxy) is 2. The van der Waals surface area contributed by atoms with Crippen LogP contribution in [0.4, 0.5) is 14.7 Å². The molecule has 0 aliphatic carbocycles. The fraction of sp³-hybridized carbons (Fsp3) is 0.485. The van der Waals surface area contributed by atoms with E-state index in [4.69, 9.17) is 15.2 Å². The van der Waals surface area contributed by atoms with Crippen LogP contribution in [0.3, 0.4) is 0 Å². The van der Waals surface area contributed by atoms with Crippen LogP contribution in [0.2, 0.25) is 0 Å². The molecule has 0 saturated carbocycles. The average Bonchev–Trinajstić information content (AvgIpc) is 3.51. The molecule has 3 aliphatic heterocycles. The number of morpholine rings is 1. The molecule has 4 heterocycles. The van der Waals surface area contributed by atoms with Crippen LogP contribution in [-0.2, 0) is 22.7 Å². The first-order valence-electron chi connectivity index (χ1n) is 15.0. The molecular formula is C33H44F2N6O2S. The van der Waals surface area contributed by atoms with Crippen LogP contribution in [0.1, 0.15) is 57.7 Å². The van der Waals surface area contributed by atoms with Crippen molar-refractivity contribution in [2.24, 2.45) is 5.73 Å². The molecule has 1 unspecified atom stereocenters. The number of nitriles is 1. The molecule has 1 fully saturated rings. The molecule has 2 N–H and O–H groups in total. The van der Waals surface area contributed by atoms with Gasteiger partial charge in [0, 0.05) is 53.8 Å². The van der Waals surface area contributed by atoms with Crippen molar-refractivity contribution in [3.63, 3.8) is 0 Å². The fourth-order valence-electron chi connectivity index (χ4n) is 5.22. The molecule has 2 aromatic rings. The van der Waals surface area contributed by atoms with Crippen molar-refractivity contribution in [1.82, 2.24) is 14.9 Å². The van der Waals surface area contributed by atoms with Crippen molar-refractivity contribution in [3.8, 4) is 6.07 Å². The number of benzene rings is 1. The Hall–Kier alpha value is -3.30. The number of fused-ring (bicyclic) bond motifs is 3. The maximum Gasteiger partial charge on any atom is 0.226 e. The van der Waals surface area contributed by atoms with Gasteiger partial charge in [-0.2, -0.15) is 5.26 Å². The largest absolute Gasteiger partial charge is 0.400 e. The first-order valence-corrected chi connectivity index (χ1v) is 16.0. The molecule has 238 valence electrons. The van der Waals surface area contributed by atoms with Crippen LogP contribution in [0.5, 0.6) is 0 Å². The Morgan fingerprint density at radius 2 is 1.98 bits per heavy atom. The lowest BCUT2D eigenvalue weighted by Gasteiger charge is -2.34. The summed E-state index contributed by atoms with van der Waals surface area (Å²) in [5, 5.41) is 10.5. The van der Waals surface area contributed by atoms with Crippen LogP contribution in [0.25, 0.3) is 16.5 Å². The number of likely N-dealkylation sites (N-methyl/N-ethyl adjacent to an activating group) is 1. The summed E-state index contributed by atoms with van der Waals surface area (Å²) in [5.74, 6) is -0.475. The maximum atomic E-state index is 16.5.